The van der Waals surface area contributed by atoms with Crippen molar-refractivity contribution in [2.24, 2.45) is 5.73 Å². The summed E-state index contributed by atoms with van der Waals surface area (Å²) in [5, 5.41) is 4.00. The first-order chi connectivity index (χ1) is 8.19. The molecule has 0 amide bonds. The van der Waals surface area contributed by atoms with Crippen LogP contribution in [-0.2, 0) is 11.2 Å². The summed E-state index contributed by atoms with van der Waals surface area (Å²) in [6, 6.07) is 0.280. The van der Waals surface area contributed by atoms with E-state index >= 15 is 0 Å². The van der Waals surface area contributed by atoms with Crippen LogP contribution in [-0.4, -0.2) is 29.4 Å². The summed E-state index contributed by atoms with van der Waals surface area (Å²) >= 11 is 0. The molecule has 0 spiro atoms. The van der Waals surface area contributed by atoms with Gasteiger partial charge in [-0.05, 0) is 26.2 Å². The maximum atomic E-state index is 5.96. The van der Waals surface area contributed by atoms with Crippen molar-refractivity contribution in [2.45, 2.75) is 57.1 Å². The predicted molar refractivity (Wildman–Crippen MR) is 63.7 cm³/mol. The molecule has 1 aromatic heterocycles. The van der Waals surface area contributed by atoms with Gasteiger partial charge < -0.3 is 15.0 Å². The smallest absolute Gasteiger partial charge is 0.229 e. The Balaban J connectivity index is 1.97. The van der Waals surface area contributed by atoms with Crippen LogP contribution in [0.25, 0.3) is 0 Å². The highest BCUT2D eigenvalue weighted by molar-refractivity contribution is 4.98. The largest absolute Gasteiger partial charge is 0.381 e. The standard InChI is InChI=1S/C12H21N3O2/c1-8(16-2)6-11-14-12(17-15-11)9-4-3-5-10(13)7-9/h8-10H,3-7,13H2,1-2H3. The van der Waals surface area contributed by atoms with E-state index in [2.05, 4.69) is 10.1 Å². The van der Waals surface area contributed by atoms with Crippen LogP contribution in [0.2, 0.25) is 0 Å². The van der Waals surface area contributed by atoms with Crippen molar-refractivity contribution in [1.29, 1.82) is 0 Å². The third kappa shape index (κ3) is 3.26. The Morgan fingerprint density at radius 1 is 1.53 bits per heavy atom. The molecule has 1 saturated carbocycles. The van der Waals surface area contributed by atoms with E-state index in [0.717, 1.165) is 37.4 Å². The van der Waals surface area contributed by atoms with E-state index in [4.69, 9.17) is 15.0 Å². The fourth-order valence-corrected chi connectivity index (χ4v) is 2.31. The normalized spacial score (nSPS) is 27.0. The highest BCUT2D eigenvalue weighted by Crippen LogP contribution is 2.31. The number of methoxy groups -OCH3 is 1. The SMILES string of the molecule is COC(C)Cc1noc(C2CCCC(N)C2)n1. The summed E-state index contributed by atoms with van der Waals surface area (Å²) in [6.07, 6.45) is 5.14. The molecular formula is C12H21N3O2. The molecule has 5 heteroatoms. The van der Waals surface area contributed by atoms with Crippen molar-refractivity contribution >= 4 is 0 Å². The van der Waals surface area contributed by atoms with E-state index in [0.29, 0.717) is 12.3 Å². The summed E-state index contributed by atoms with van der Waals surface area (Å²) in [6.45, 7) is 1.99. The minimum atomic E-state index is 0.120. The number of hydrogen-bond donors (Lipinski definition) is 1. The zero-order valence-electron chi connectivity index (χ0n) is 10.6. The second-order valence-electron chi connectivity index (χ2n) is 4.92. The van der Waals surface area contributed by atoms with Crippen molar-refractivity contribution in [1.82, 2.24) is 10.1 Å². The van der Waals surface area contributed by atoms with Crippen LogP contribution in [0, 0.1) is 0 Å². The fraction of sp³-hybridized carbons (Fsp3) is 0.833. The van der Waals surface area contributed by atoms with Gasteiger partial charge in [0.1, 0.15) is 0 Å². The van der Waals surface area contributed by atoms with Crippen molar-refractivity contribution in [3.8, 4) is 0 Å². The van der Waals surface area contributed by atoms with Gasteiger partial charge in [-0.3, -0.25) is 0 Å². The van der Waals surface area contributed by atoms with Gasteiger partial charge in [0, 0.05) is 25.5 Å². The van der Waals surface area contributed by atoms with Crippen molar-refractivity contribution in [3.63, 3.8) is 0 Å². The number of nitrogens with zero attached hydrogens (tertiary/aromatic N) is 2. The molecule has 5 nitrogen and oxygen atoms in total. The predicted octanol–water partition coefficient (Wildman–Crippen LogP) is 1.63. The van der Waals surface area contributed by atoms with Gasteiger partial charge >= 0.3 is 0 Å². The molecule has 17 heavy (non-hydrogen) atoms. The van der Waals surface area contributed by atoms with Crippen LogP contribution in [0.4, 0.5) is 0 Å². The van der Waals surface area contributed by atoms with Gasteiger partial charge in [0.05, 0.1) is 6.10 Å². The molecule has 2 N–H and O–H groups in total. The number of rotatable bonds is 4. The minimum absolute atomic E-state index is 0.120. The monoisotopic (exact) mass is 239 g/mol. The zero-order chi connectivity index (χ0) is 12.3. The summed E-state index contributed by atoms with van der Waals surface area (Å²) in [7, 11) is 1.69. The summed E-state index contributed by atoms with van der Waals surface area (Å²) in [5.41, 5.74) is 5.96. The van der Waals surface area contributed by atoms with Gasteiger partial charge in [0.15, 0.2) is 5.82 Å². The van der Waals surface area contributed by atoms with Crippen LogP contribution in [0.3, 0.4) is 0 Å². The van der Waals surface area contributed by atoms with Gasteiger partial charge in [-0.2, -0.15) is 4.98 Å². The van der Waals surface area contributed by atoms with E-state index < -0.39 is 0 Å². The lowest BCUT2D eigenvalue weighted by molar-refractivity contribution is 0.116. The maximum absolute atomic E-state index is 5.96. The third-order valence-corrected chi connectivity index (χ3v) is 3.42. The number of hydrogen-bond acceptors (Lipinski definition) is 5. The number of aromatic nitrogens is 2. The Kier molecular flexibility index (Phi) is 4.12. The lowest BCUT2D eigenvalue weighted by Gasteiger charge is -2.23. The average molecular weight is 239 g/mol. The molecule has 0 aromatic carbocycles. The highest BCUT2D eigenvalue weighted by atomic mass is 16.5. The zero-order valence-corrected chi connectivity index (χ0v) is 10.6. The van der Waals surface area contributed by atoms with Crippen molar-refractivity contribution in [3.05, 3.63) is 11.7 Å². The summed E-state index contributed by atoms with van der Waals surface area (Å²) in [4.78, 5) is 4.44. The Labute approximate surface area is 102 Å². The van der Waals surface area contributed by atoms with Crippen LogP contribution in [0.15, 0.2) is 4.52 Å². The minimum Gasteiger partial charge on any atom is -0.381 e. The number of nitrogens with two attached hydrogens (primary N) is 1. The first kappa shape index (κ1) is 12.5. The first-order valence-corrected chi connectivity index (χ1v) is 6.30. The lowest BCUT2D eigenvalue weighted by atomic mass is 9.86. The Hall–Kier alpha value is -0.940. The Morgan fingerprint density at radius 3 is 3.06 bits per heavy atom. The van der Waals surface area contributed by atoms with E-state index in [1.165, 1.54) is 0 Å². The molecule has 3 unspecified atom stereocenters. The van der Waals surface area contributed by atoms with Gasteiger partial charge in [-0.25, -0.2) is 0 Å². The molecular weight excluding hydrogens is 218 g/mol. The van der Waals surface area contributed by atoms with Gasteiger partial charge in [0.25, 0.3) is 0 Å². The Morgan fingerprint density at radius 2 is 2.35 bits per heavy atom. The average Bonchev–Trinajstić information content (AvgIpc) is 2.77. The quantitative estimate of drug-likeness (QED) is 0.864. The molecule has 0 aliphatic heterocycles. The molecule has 2 rings (SSSR count). The molecule has 0 saturated heterocycles. The van der Waals surface area contributed by atoms with Gasteiger partial charge in [-0.1, -0.05) is 11.6 Å². The number of ether oxygens (including phenoxy) is 1. The van der Waals surface area contributed by atoms with Gasteiger partial charge in [0.2, 0.25) is 5.89 Å². The van der Waals surface area contributed by atoms with E-state index in [1.54, 1.807) is 7.11 Å². The van der Waals surface area contributed by atoms with E-state index in [1.807, 2.05) is 6.92 Å². The molecule has 1 heterocycles. The molecule has 1 aromatic rings. The highest BCUT2D eigenvalue weighted by Gasteiger charge is 2.25. The first-order valence-electron chi connectivity index (χ1n) is 6.30. The molecule has 96 valence electrons. The van der Waals surface area contributed by atoms with Crippen molar-refractivity contribution in [2.75, 3.05) is 7.11 Å². The molecule has 1 aliphatic carbocycles. The van der Waals surface area contributed by atoms with E-state index in [9.17, 15) is 0 Å². The summed E-state index contributed by atoms with van der Waals surface area (Å²) in [5.74, 6) is 1.82. The third-order valence-electron chi connectivity index (χ3n) is 3.42. The van der Waals surface area contributed by atoms with Crippen molar-refractivity contribution < 1.29 is 9.26 Å². The fourth-order valence-electron chi connectivity index (χ4n) is 2.31. The lowest BCUT2D eigenvalue weighted by Crippen LogP contribution is -2.27. The van der Waals surface area contributed by atoms with Gasteiger partial charge in [-0.15, -0.1) is 0 Å². The topological polar surface area (TPSA) is 74.2 Å². The van der Waals surface area contributed by atoms with Crippen LogP contribution in [0.5, 0.6) is 0 Å². The Bertz CT molecular complexity index is 353. The molecule has 1 aliphatic rings. The molecule has 0 bridgehead atoms. The van der Waals surface area contributed by atoms with E-state index in [-0.39, 0.29) is 12.1 Å². The molecule has 0 radical (unpaired) electrons. The van der Waals surface area contributed by atoms with Crippen LogP contribution >= 0.6 is 0 Å². The van der Waals surface area contributed by atoms with Crippen LogP contribution in [0.1, 0.15) is 50.2 Å². The second kappa shape index (κ2) is 5.60. The summed E-state index contributed by atoms with van der Waals surface area (Å²) < 4.78 is 10.5. The van der Waals surface area contributed by atoms with Crippen LogP contribution < -0.4 is 5.73 Å². The molecule has 3 atom stereocenters. The maximum Gasteiger partial charge on any atom is 0.229 e. The second-order valence-corrected chi connectivity index (χ2v) is 4.92. The molecule has 1 fully saturated rings.